The number of benzene rings is 3. The summed E-state index contributed by atoms with van der Waals surface area (Å²) in [6.45, 7) is 2.53. The Labute approximate surface area is 183 Å². The second-order valence-electron chi connectivity index (χ2n) is 6.37. The molecule has 0 spiro atoms. The highest BCUT2D eigenvalue weighted by molar-refractivity contribution is 9.10. The summed E-state index contributed by atoms with van der Waals surface area (Å²) in [4.78, 5) is 24.3. The van der Waals surface area contributed by atoms with Crippen LogP contribution in [0, 0.1) is 0 Å². The lowest BCUT2D eigenvalue weighted by molar-refractivity contribution is 0.0524. The lowest BCUT2D eigenvalue weighted by Crippen LogP contribution is -2.10. The molecule has 0 aliphatic heterocycles. The molecule has 0 aromatic heterocycles. The Morgan fingerprint density at radius 1 is 0.867 bits per heavy atom. The summed E-state index contributed by atoms with van der Waals surface area (Å²) < 4.78 is 16.8. The van der Waals surface area contributed by atoms with Crippen LogP contribution in [0.5, 0.6) is 11.5 Å². The van der Waals surface area contributed by atoms with E-state index in [9.17, 15) is 9.59 Å². The number of hydrogen-bond acceptors (Lipinski definition) is 5. The highest BCUT2D eigenvalue weighted by Crippen LogP contribution is 2.27. The van der Waals surface area contributed by atoms with Crippen LogP contribution in [-0.4, -0.2) is 25.2 Å². The van der Waals surface area contributed by atoms with E-state index in [1.54, 1.807) is 43.3 Å². The first-order chi connectivity index (χ1) is 14.6. The smallest absolute Gasteiger partial charge is 0.343 e. The van der Waals surface area contributed by atoms with Gasteiger partial charge in [0.2, 0.25) is 0 Å². The molecular weight excluding hydrogens is 448 g/mol. The second kappa shape index (κ2) is 10.6. The highest BCUT2D eigenvalue weighted by atomic mass is 79.9. The molecule has 0 saturated heterocycles. The van der Waals surface area contributed by atoms with Crippen LogP contribution in [0.15, 0.2) is 77.3 Å². The first-order valence-corrected chi connectivity index (χ1v) is 10.3. The number of ether oxygens (including phenoxy) is 3. The van der Waals surface area contributed by atoms with Gasteiger partial charge in [-0.3, -0.25) is 0 Å². The Morgan fingerprint density at radius 3 is 2.37 bits per heavy atom. The molecule has 3 aromatic rings. The predicted octanol–water partition coefficient (Wildman–Crippen LogP) is 5.47. The summed E-state index contributed by atoms with van der Waals surface area (Å²) >= 11 is 3.44. The van der Waals surface area contributed by atoms with Crippen molar-refractivity contribution in [1.82, 2.24) is 0 Å². The molecule has 154 valence electrons. The zero-order chi connectivity index (χ0) is 21.3. The summed E-state index contributed by atoms with van der Waals surface area (Å²) in [5.41, 5.74) is 1.88. The minimum absolute atomic E-state index is 0.268. The van der Waals surface area contributed by atoms with Crippen LogP contribution in [0.4, 0.5) is 0 Å². The van der Waals surface area contributed by atoms with Gasteiger partial charge in [0.05, 0.1) is 28.8 Å². The van der Waals surface area contributed by atoms with Crippen LogP contribution >= 0.6 is 15.9 Å². The van der Waals surface area contributed by atoms with Gasteiger partial charge < -0.3 is 14.2 Å². The molecule has 0 bridgehead atoms. The molecule has 0 unspecified atom stereocenters. The van der Waals surface area contributed by atoms with Crippen LogP contribution in [0.25, 0.3) is 0 Å². The van der Waals surface area contributed by atoms with Crippen molar-refractivity contribution in [1.29, 1.82) is 0 Å². The molecule has 30 heavy (non-hydrogen) atoms. The fraction of sp³-hybridized carbons (Fsp3) is 0.167. The Bertz CT molecular complexity index is 1020. The zero-order valence-electron chi connectivity index (χ0n) is 16.5. The van der Waals surface area contributed by atoms with Crippen molar-refractivity contribution in [2.75, 3.05) is 13.2 Å². The highest BCUT2D eigenvalue weighted by Gasteiger charge is 2.14. The Balaban J connectivity index is 1.61. The summed E-state index contributed by atoms with van der Waals surface area (Å²) in [6.07, 6.45) is 0.786. The molecule has 6 heteroatoms. The van der Waals surface area contributed by atoms with E-state index in [4.69, 9.17) is 14.2 Å². The van der Waals surface area contributed by atoms with Gasteiger partial charge in [0.1, 0.15) is 11.5 Å². The largest absolute Gasteiger partial charge is 0.492 e. The van der Waals surface area contributed by atoms with Crippen molar-refractivity contribution in [2.45, 2.75) is 13.3 Å². The quantitative estimate of drug-likeness (QED) is 0.324. The normalized spacial score (nSPS) is 10.3. The third kappa shape index (κ3) is 5.94. The maximum atomic E-state index is 12.5. The first-order valence-electron chi connectivity index (χ1n) is 9.52. The van der Waals surface area contributed by atoms with Crippen molar-refractivity contribution < 1.29 is 23.8 Å². The summed E-state index contributed by atoms with van der Waals surface area (Å²) in [5.74, 6) is -0.0839. The molecule has 0 heterocycles. The number of carbonyl (C=O) groups is 2. The number of esters is 2. The van der Waals surface area contributed by atoms with Crippen molar-refractivity contribution in [2.24, 2.45) is 0 Å². The van der Waals surface area contributed by atoms with Crippen molar-refractivity contribution in [3.05, 3.63) is 94.0 Å². The SMILES string of the molecule is CCOC(=O)c1cccc(OC(=O)c2ccc(OCCc3ccccc3)c(Br)c2)c1. The number of halogens is 1. The van der Waals surface area contributed by atoms with E-state index in [0.717, 1.165) is 6.42 Å². The molecule has 0 radical (unpaired) electrons. The molecule has 5 nitrogen and oxygen atoms in total. The van der Waals surface area contributed by atoms with Crippen LogP contribution < -0.4 is 9.47 Å². The summed E-state index contributed by atoms with van der Waals surface area (Å²) in [6, 6.07) is 21.4. The summed E-state index contributed by atoms with van der Waals surface area (Å²) in [5, 5.41) is 0. The molecule has 0 aliphatic carbocycles. The van der Waals surface area contributed by atoms with Crippen molar-refractivity contribution in [3.8, 4) is 11.5 Å². The van der Waals surface area contributed by atoms with E-state index in [2.05, 4.69) is 28.1 Å². The van der Waals surface area contributed by atoms with E-state index in [-0.39, 0.29) is 12.4 Å². The lowest BCUT2D eigenvalue weighted by atomic mass is 10.2. The predicted molar refractivity (Wildman–Crippen MR) is 117 cm³/mol. The van der Waals surface area contributed by atoms with Crippen LogP contribution in [0.1, 0.15) is 33.2 Å². The van der Waals surface area contributed by atoms with E-state index in [1.165, 1.54) is 11.6 Å². The minimum atomic E-state index is -0.535. The van der Waals surface area contributed by atoms with Gasteiger partial charge in [-0.15, -0.1) is 0 Å². The van der Waals surface area contributed by atoms with Gasteiger partial charge >= 0.3 is 11.9 Å². The Kier molecular flexibility index (Phi) is 7.63. The lowest BCUT2D eigenvalue weighted by Gasteiger charge is -2.10. The molecular formula is C24H21BrO5. The fourth-order valence-corrected chi connectivity index (χ4v) is 3.23. The maximum Gasteiger partial charge on any atom is 0.343 e. The Morgan fingerprint density at radius 2 is 1.63 bits per heavy atom. The molecule has 0 atom stereocenters. The average molecular weight is 469 g/mol. The van der Waals surface area contributed by atoms with Gasteiger partial charge in [0.15, 0.2) is 0 Å². The third-order valence-electron chi connectivity index (χ3n) is 4.21. The zero-order valence-corrected chi connectivity index (χ0v) is 18.1. The molecule has 0 amide bonds. The fourth-order valence-electron chi connectivity index (χ4n) is 2.74. The first kappa shape index (κ1) is 21.6. The van der Waals surface area contributed by atoms with Gasteiger partial charge in [0, 0.05) is 6.42 Å². The molecule has 0 N–H and O–H groups in total. The monoisotopic (exact) mass is 468 g/mol. The molecule has 3 aromatic carbocycles. The number of rotatable bonds is 8. The van der Waals surface area contributed by atoms with E-state index < -0.39 is 11.9 Å². The van der Waals surface area contributed by atoms with Crippen LogP contribution in [-0.2, 0) is 11.2 Å². The standard InChI is InChI=1S/C24H21BrO5/c1-2-28-23(26)18-9-6-10-20(15-18)30-24(27)19-11-12-22(21(25)16-19)29-14-13-17-7-4-3-5-8-17/h3-12,15-16H,2,13-14H2,1H3. The van der Waals surface area contributed by atoms with Gasteiger partial charge in [-0.05, 0) is 64.8 Å². The molecule has 0 aliphatic rings. The van der Waals surface area contributed by atoms with Gasteiger partial charge in [-0.25, -0.2) is 9.59 Å². The topological polar surface area (TPSA) is 61.8 Å². The molecule has 0 fully saturated rings. The third-order valence-corrected chi connectivity index (χ3v) is 4.83. The van der Waals surface area contributed by atoms with Crippen molar-refractivity contribution >= 4 is 27.9 Å². The van der Waals surface area contributed by atoms with Gasteiger partial charge in [-0.2, -0.15) is 0 Å². The van der Waals surface area contributed by atoms with Gasteiger partial charge in [0.25, 0.3) is 0 Å². The number of carbonyl (C=O) groups excluding carboxylic acids is 2. The van der Waals surface area contributed by atoms with Crippen molar-refractivity contribution in [3.63, 3.8) is 0 Å². The second-order valence-corrected chi connectivity index (χ2v) is 7.22. The van der Waals surface area contributed by atoms with E-state index >= 15 is 0 Å². The average Bonchev–Trinajstić information content (AvgIpc) is 2.76. The van der Waals surface area contributed by atoms with Crippen LogP contribution in [0.3, 0.4) is 0 Å². The van der Waals surface area contributed by atoms with Gasteiger partial charge in [-0.1, -0.05) is 36.4 Å². The Hall–Kier alpha value is -3.12. The molecule has 3 rings (SSSR count). The number of hydrogen-bond donors (Lipinski definition) is 0. The summed E-state index contributed by atoms with van der Waals surface area (Å²) in [7, 11) is 0. The maximum absolute atomic E-state index is 12.5. The van der Waals surface area contributed by atoms with Crippen LogP contribution in [0.2, 0.25) is 0 Å². The molecule has 0 saturated carbocycles. The van der Waals surface area contributed by atoms with E-state index in [1.807, 2.05) is 18.2 Å². The van der Waals surface area contributed by atoms with E-state index in [0.29, 0.717) is 28.0 Å². The minimum Gasteiger partial charge on any atom is -0.492 e.